The van der Waals surface area contributed by atoms with Crippen molar-refractivity contribution >= 4 is 45.0 Å². The molecule has 1 atom stereocenters. The SMILES string of the molecule is CC(I)n1c(Cc2ccnn2-c2nccs2)nc2cnccc21. The number of hydrogen-bond donors (Lipinski definition) is 0. The van der Waals surface area contributed by atoms with E-state index in [9.17, 15) is 0 Å². The number of rotatable bonds is 4. The van der Waals surface area contributed by atoms with Gasteiger partial charge in [-0.15, -0.1) is 11.3 Å². The van der Waals surface area contributed by atoms with Gasteiger partial charge < -0.3 is 4.57 Å². The van der Waals surface area contributed by atoms with Gasteiger partial charge in [0.2, 0.25) is 5.13 Å². The topological polar surface area (TPSA) is 61.4 Å². The van der Waals surface area contributed by atoms with Crippen molar-refractivity contribution in [3.05, 3.63) is 53.8 Å². The molecule has 4 aromatic rings. The Morgan fingerprint density at radius 1 is 1.26 bits per heavy atom. The number of pyridine rings is 1. The highest BCUT2D eigenvalue weighted by molar-refractivity contribution is 14.1. The number of alkyl halides is 1. The second kappa shape index (κ2) is 6.00. The average molecular weight is 436 g/mol. The summed E-state index contributed by atoms with van der Waals surface area (Å²) in [6.45, 7) is 2.16. The molecule has 0 fully saturated rings. The van der Waals surface area contributed by atoms with E-state index in [1.165, 1.54) is 0 Å². The monoisotopic (exact) mass is 436 g/mol. The van der Waals surface area contributed by atoms with Gasteiger partial charge in [-0.1, -0.05) is 22.6 Å². The van der Waals surface area contributed by atoms with E-state index in [1.54, 1.807) is 23.7 Å². The molecule has 4 heterocycles. The summed E-state index contributed by atoms with van der Waals surface area (Å²) in [5.74, 6) is 1.01. The van der Waals surface area contributed by atoms with Gasteiger partial charge in [0.05, 0.1) is 21.5 Å². The molecule has 23 heavy (non-hydrogen) atoms. The molecule has 0 N–H and O–H groups in total. The largest absolute Gasteiger partial charge is 0.315 e. The molecule has 1 unspecified atom stereocenters. The maximum Gasteiger partial charge on any atom is 0.210 e. The maximum absolute atomic E-state index is 4.77. The van der Waals surface area contributed by atoms with E-state index in [0.29, 0.717) is 10.5 Å². The van der Waals surface area contributed by atoms with Gasteiger partial charge in [0.25, 0.3) is 0 Å². The molecular formula is C15H13IN6S. The Morgan fingerprint density at radius 3 is 2.96 bits per heavy atom. The molecule has 6 nitrogen and oxygen atoms in total. The van der Waals surface area contributed by atoms with Gasteiger partial charge in [-0.3, -0.25) is 4.98 Å². The predicted octanol–water partition coefficient (Wildman–Crippen LogP) is 3.62. The van der Waals surface area contributed by atoms with Crippen LogP contribution in [0.15, 0.2) is 42.3 Å². The normalized spacial score (nSPS) is 12.8. The van der Waals surface area contributed by atoms with Crippen molar-refractivity contribution in [1.82, 2.24) is 29.3 Å². The van der Waals surface area contributed by atoms with E-state index in [0.717, 1.165) is 27.7 Å². The molecule has 116 valence electrons. The molecule has 0 saturated carbocycles. The van der Waals surface area contributed by atoms with Crippen LogP contribution in [0.25, 0.3) is 16.2 Å². The molecule has 0 aromatic carbocycles. The summed E-state index contributed by atoms with van der Waals surface area (Å²) < 4.78 is 4.42. The number of hydrogen-bond acceptors (Lipinski definition) is 5. The smallest absolute Gasteiger partial charge is 0.210 e. The fraction of sp³-hybridized carbons (Fsp3) is 0.200. The molecule has 0 radical (unpaired) electrons. The first kappa shape index (κ1) is 14.8. The van der Waals surface area contributed by atoms with Gasteiger partial charge >= 0.3 is 0 Å². The van der Waals surface area contributed by atoms with Crippen LogP contribution in [0.2, 0.25) is 0 Å². The minimum atomic E-state index is 0.297. The molecule has 8 heteroatoms. The third-order valence-corrected chi connectivity index (χ3v) is 4.89. The first-order chi connectivity index (χ1) is 11.2. The second-order valence-corrected chi connectivity index (χ2v) is 7.74. The van der Waals surface area contributed by atoms with Gasteiger partial charge in [-0.2, -0.15) is 5.10 Å². The molecule has 0 amide bonds. The molecule has 0 spiro atoms. The van der Waals surface area contributed by atoms with Gasteiger partial charge in [-0.25, -0.2) is 14.6 Å². The Kier molecular flexibility index (Phi) is 3.85. The van der Waals surface area contributed by atoms with Crippen molar-refractivity contribution in [2.75, 3.05) is 0 Å². The van der Waals surface area contributed by atoms with E-state index < -0.39 is 0 Å². The Bertz CT molecular complexity index is 940. The lowest BCUT2D eigenvalue weighted by Gasteiger charge is -2.12. The van der Waals surface area contributed by atoms with E-state index in [2.05, 4.69) is 49.1 Å². The zero-order valence-corrected chi connectivity index (χ0v) is 15.3. The first-order valence-electron chi connectivity index (χ1n) is 7.11. The Labute approximate surface area is 150 Å². The minimum absolute atomic E-state index is 0.297. The van der Waals surface area contributed by atoms with Crippen molar-refractivity contribution in [1.29, 1.82) is 0 Å². The fourth-order valence-corrected chi connectivity index (χ4v) is 3.89. The standard InChI is InChI=1S/C15H13IN6S/c1-10(16)21-13-3-4-17-9-12(13)20-14(21)8-11-2-5-19-22(11)15-18-6-7-23-15/h2-7,9-10H,8H2,1H3. The number of fused-ring (bicyclic) bond motifs is 1. The van der Waals surface area contributed by atoms with Crippen LogP contribution in [0.5, 0.6) is 0 Å². The Hall–Kier alpha value is -1.81. The van der Waals surface area contributed by atoms with Crippen LogP contribution in [-0.2, 0) is 6.42 Å². The molecule has 4 rings (SSSR count). The van der Waals surface area contributed by atoms with Crippen molar-refractivity contribution in [2.45, 2.75) is 17.4 Å². The molecule has 0 aliphatic heterocycles. The number of aromatic nitrogens is 6. The highest BCUT2D eigenvalue weighted by Crippen LogP contribution is 2.26. The summed E-state index contributed by atoms with van der Waals surface area (Å²) in [6.07, 6.45) is 7.91. The van der Waals surface area contributed by atoms with E-state index in [4.69, 9.17) is 4.98 Å². The minimum Gasteiger partial charge on any atom is -0.315 e. The second-order valence-electron chi connectivity index (χ2n) is 5.06. The third-order valence-electron chi connectivity index (χ3n) is 3.58. The van der Waals surface area contributed by atoms with E-state index in [1.807, 2.05) is 34.6 Å². The Balaban J connectivity index is 1.80. The maximum atomic E-state index is 4.77. The highest BCUT2D eigenvalue weighted by atomic mass is 127. The van der Waals surface area contributed by atoms with Gasteiger partial charge in [0, 0.05) is 30.4 Å². The molecular weight excluding hydrogens is 423 g/mol. The van der Waals surface area contributed by atoms with Crippen LogP contribution < -0.4 is 0 Å². The van der Waals surface area contributed by atoms with Crippen LogP contribution in [0.4, 0.5) is 0 Å². The first-order valence-corrected chi connectivity index (χ1v) is 9.24. The lowest BCUT2D eigenvalue weighted by Crippen LogP contribution is -2.08. The predicted molar refractivity (Wildman–Crippen MR) is 98.3 cm³/mol. The van der Waals surface area contributed by atoms with Crippen molar-refractivity contribution in [3.8, 4) is 5.13 Å². The van der Waals surface area contributed by atoms with E-state index >= 15 is 0 Å². The molecule has 4 aromatic heterocycles. The lowest BCUT2D eigenvalue weighted by molar-refractivity contribution is 0.718. The van der Waals surface area contributed by atoms with E-state index in [-0.39, 0.29) is 0 Å². The van der Waals surface area contributed by atoms with Crippen LogP contribution in [0, 0.1) is 0 Å². The van der Waals surface area contributed by atoms with Gasteiger partial charge in [0.1, 0.15) is 11.3 Å². The summed E-state index contributed by atoms with van der Waals surface area (Å²) in [6, 6.07) is 4.03. The van der Waals surface area contributed by atoms with Crippen LogP contribution >= 0.6 is 33.9 Å². The molecule has 0 saturated heterocycles. The van der Waals surface area contributed by atoms with Crippen molar-refractivity contribution in [2.24, 2.45) is 0 Å². The van der Waals surface area contributed by atoms with Gasteiger partial charge in [0.15, 0.2) is 0 Å². The average Bonchev–Trinajstić information content (AvgIpc) is 3.25. The zero-order valence-electron chi connectivity index (χ0n) is 12.3. The summed E-state index contributed by atoms with van der Waals surface area (Å²) in [4.78, 5) is 13.3. The summed E-state index contributed by atoms with van der Waals surface area (Å²) in [5, 5.41) is 7.22. The fourth-order valence-electron chi connectivity index (χ4n) is 2.64. The quantitative estimate of drug-likeness (QED) is 0.362. The zero-order chi connectivity index (χ0) is 15.8. The van der Waals surface area contributed by atoms with Crippen molar-refractivity contribution in [3.63, 3.8) is 0 Å². The van der Waals surface area contributed by atoms with Crippen LogP contribution in [0.1, 0.15) is 22.5 Å². The Morgan fingerprint density at radius 2 is 2.17 bits per heavy atom. The van der Waals surface area contributed by atoms with Crippen LogP contribution in [0.3, 0.4) is 0 Å². The van der Waals surface area contributed by atoms with Gasteiger partial charge in [-0.05, 0) is 19.1 Å². The van der Waals surface area contributed by atoms with Crippen LogP contribution in [-0.4, -0.2) is 29.3 Å². The number of nitrogens with zero attached hydrogens (tertiary/aromatic N) is 6. The summed E-state index contributed by atoms with van der Waals surface area (Å²) in [5.41, 5.74) is 3.10. The number of halogens is 1. The summed E-state index contributed by atoms with van der Waals surface area (Å²) in [7, 11) is 0. The third kappa shape index (κ3) is 2.65. The molecule has 0 aliphatic rings. The molecule has 0 aliphatic carbocycles. The van der Waals surface area contributed by atoms with Crippen molar-refractivity contribution < 1.29 is 0 Å². The number of thiazole rings is 1. The summed E-state index contributed by atoms with van der Waals surface area (Å²) >= 11 is 3.98. The number of imidazole rings is 1. The molecule has 0 bridgehead atoms. The highest BCUT2D eigenvalue weighted by Gasteiger charge is 2.17. The lowest BCUT2D eigenvalue weighted by atomic mass is 10.3.